The average molecular weight is 228 g/mol. The van der Waals surface area contributed by atoms with Gasteiger partial charge in [0.05, 0.1) is 12.5 Å². The van der Waals surface area contributed by atoms with Crippen molar-refractivity contribution >= 4 is 17.7 Å². The van der Waals surface area contributed by atoms with Crippen LogP contribution in [0, 0.1) is 5.41 Å². The van der Waals surface area contributed by atoms with Gasteiger partial charge in [0, 0.05) is 25.2 Å². The molecular weight excluding hydrogens is 212 g/mol. The van der Waals surface area contributed by atoms with E-state index in [1.165, 1.54) is 7.11 Å². The van der Waals surface area contributed by atoms with Gasteiger partial charge in [0.15, 0.2) is 5.16 Å². The Kier molecular flexibility index (Phi) is 3.79. The Labute approximate surface area is 94.0 Å². The van der Waals surface area contributed by atoms with Crippen LogP contribution >= 0.6 is 11.8 Å². The quantitative estimate of drug-likeness (QED) is 0.581. The number of methoxy groups -OCH3 is 1. The fourth-order valence-electron chi connectivity index (χ4n) is 1.07. The number of hydrogen-bond donors (Lipinski definition) is 0. The number of ether oxygens (including phenoxy) is 1. The number of hydrogen-bond acceptors (Lipinski definition) is 4. The van der Waals surface area contributed by atoms with E-state index in [9.17, 15) is 4.79 Å². The first-order chi connectivity index (χ1) is 6.97. The van der Waals surface area contributed by atoms with Crippen LogP contribution in [0.3, 0.4) is 0 Å². The van der Waals surface area contributed by atoms with Crippen molar-refractivity contribution in [3.05, 3.63) is 12.4 Å². The fourth-order valence-corrected chi connectivity index (χ4v) is 2.08. The average Bonchev–Trinajstić information content (AvgIpc) is 2.60. The van der Waals surface area contributed by atoms with Crippen LogP contribution in [-0.2, 0) is 16.6 Å². The van der Waals surface area contributed by atoms with Gasteiger partial charge in [-0.3, -0.25) is 4.79 Å². The van der Waals surface area contributed by atoms with Crippen LogP contribution in [0.5, 0.6) is 0 Å². The minimum atomic E-state index is -0.481. The third kappa shape index (κ3) is 2.99. The van der Waals surface area contributed by atoms with Crippen molar-refractivity contribution in [3.63, 3.8) is 0 Å². The first-order valence-corrected chi connectivity index (χ1v) is 5.64. The summed E-state index contributed by atoms with van der Waals surface area (Å²) in [7, 11) is 3.34. The van der Waals surface area contributed by atoms with Gasteiger partial charge >= 0.3 is 5.97 Å². The Balaban J connectivity index is 2.57. The zero-order valence-electron chi connectivity index (χ0n) is 9.48. The van der Waals surface area contributed by atoms with Gasteiger partial charge in [0.1, 0.15) is 0 Å². The van der Waals surface area contributed by atoms with E-state index in [0.29, 0.717) is 5.75 Å². The van der Waals surface area contributed by atoms with Crippen molar-refractivity contribution in [2.45, 2.75) is 19.0 Å². The van der Waals surface area contributed by atoms with Crippen LogP contribution in [0.15, 0.2) is 17.6 Å². The normalized spacial score (nSPS) is 11.5. The molecule has 0 atom stereocenters. The summed E-state index contributed by atoms with van der Waals surface area (Å²) in [4.78, 5) is 15.6. The van der Waals surface area contributed by atoms with Gasteiger partial charge in [-0.1, -0.05) is 11.8 Å². The predicted octanol–water partition coefficient (Wildman–Crippen LogP) is 1.71. The molecule has 0 aromatic carbocycles. The molecule has 1 aromatic rings. The summed E-state index contributed by atoms with van der Waals surface area (Å²) >= 11 is 1.56. The highest BCUT2D eigenvalue weighted by Crippen LogP contribution is 2.27. The summed E-state index contributed by atoms with van der Waals surface area (Å²) < 4.78 is 6.66. The van der Waals surface area contributed by atoms with E-state index in [4.69, 9.17) is 4.74 Å². The molecule has 0 radical (unpaired) electrons. The molecule has 1 aromatic heterocycles. The van der Waals surface area contributed by atoms with E-state index in [1.807, 2.05) is 31.7 Å². The van der Waals surface area contributed by atoms with Gasteiger partial charge < -0.3 is 9.30 Å². The number of thioether (sulfide) groups is 1. The maximum Gasteiger partial charge on any atom is 0.312 e. The molecule has 0 saturated carbocycles. The molecule has 0 bridgehead atoms. The number of imidazole rings is 1. The van der Waals surface area contributed by atoms with E-state index in [1.54, 1.807) is 18.0 Å². The van der Waals surface area contributed by atoms with E-state index in [0.717, 1.165) is 5.16 Å². The van der Waals surface area contributed by atoms with Gasteiger partial charge in [-0.25, -0.2) is 4.98 Å². The van der Waals surface area contributed by atoms with Crippen LogP contribution in [0.4, 0.5) is 0 Å². The summed E-state index contributed by atoms with van der Waals surface area (Å²) in [6, 6.07) is 0. The number of aryl methyl sites for hydroxylation is 1. The van der Waals surface area contributed by atoms with Gasteiger partial charge in [-0.15, -0.1) is 0 Å². The Bertz CT molecular complexity index is 347. The number of carbonyl (C=O) groups excluding carboxylic acids is 1. The molecule has 0 N–H and O–H groups in total. The Morgan fingerprint density at radius 2 is 2.33 bits per heavy atom. The molecule has 0 aliphatic rings. The summed E-state index contributed by atoms with van der Waals surface area (Å²) in [5, 5.41) is 0.909. The van der Waals surface area contributed by atoms with E-state index < -0.39 is 5.41 Å². The van der Waals surface area contributed by atoms with Gasteiger partial charge in [0.25, 0.3) is 0 Å². The largest absolute Gasteiger partial charge is 0.469 e. The topological polar surface area (TPSA) is 44.1 Å². The second-order valence-corrected chi connectivity index (χ2v) is 4.93. The van der Waals surface area contributed by atoms with Crippen molar-refractivity contribution in [1.82, 2.24) is 9.55 Å². The monoisotopic (exact) mass is 228 g/mol. The molecule has 0 fully saturated rings. The summed E-state index contributed by atoms with van der Waals surface area (Å²) in [6.07, 6.45) is 3.63. The van der Waals surface area contributed by atoms with Crippen molar-refractivity contribution in [2.24, 2.45) is 12.5 Å². The van der Waals surface area contributed by atoms with E-state index in [-0.39, 0.29) is 5.97 Å². The maximum absolute atomic E-state index is 11.4. The molecule has 5 heteroatoms. The molecule has 0 unspecified atom stereocenters. The number of nitrogens with zero attached hydrogens (tertiary/aromatic N) is 2. The predicted molar refractivity (Wildman–Crippen MR) is 59.7 cm³/mol. The fraction of sp³-hybridized carbons (Fsp3) is 0.600. The zero-order valence-corrected chi connectivity index (χ0v) is 10.3. The molecule has 1 heterocycles. The summed E-state index contributed by atoms with van der Waals surface area (Å²) in [5.74, 6) is 0.467. The Hall–Kier alpha value is -0.970. The molecule has 0 spiro atoms. The first kappa shape index (κ1) is 12.1. The molecular formula is C10H16N2O2S. The lowest BCUT2D eigenvalue weighted by atomic mass is 9.97. The highest BCUT2D eigenvalue weighted by molar-refractivity contribution is 7.99. The molecule has 0 aliphatic heterocycles. The smallest absolute Gasteiger partial charge is 0.312 e. The summed E-state index contributed by atoms with van der Waals surface area (Å²) in [6.45, 7) is 3.74. The van der Waals surface area contributed by atoms with Crippen LogP contribution < -0.4 is 0 Å². The molecule has 0 saturated heterocycles. The van der Waals surface area contributed by atoms with Crippen molar-refractivity contribution in [3.8, 4) is 0 Å². The van der Waals surface area contributed by atoms with Crippen molar-refractivity contribution in [1.29, 1.82) is 0 Å². The Morgan fingerprint density at radius 1 is 1.67 bits per heavy atom. The molecule has 1 rings (SSSR count). The molecule has 84 valence electrons. The molecule has 15 heavy (non-hydrogen) atoms. The van der Waals surface area contributed by atoms with E-state index >= 15 is 0 Å². The number of aromatic nitrogens is 2. The van der Waals surface area contributed by atoms with Crippen molar-refractivity contribution < 1.29 is 9.53 Å². The van der Waals surface area contributed by atoms with Crippen molar-refractivity contribution in [2.75, 3.05) is 12.9 Å². The lowest BCUT2D eigenvalue weighted by Crippen LogP contribution is -2.28. The molecule has 0 aliphatic carbocycles. The van der Waals surface area contributed by atoms with Crippen LogP contribution in [0.1, 0.15) is 13.8 Å². The second-order valence-electron chi connectivity index (χ2n) is 3.98. The highest BCUT2D eigenvalue weighted by atomic mass is 32.2. The lowest BCUT2D eigenvalue weighted by molar-refractivity contribution is -0.149. The SMILES string of the molecule is COC(=O)C(C)(C)CSc1nccn1C. The Morgan fingerprint density at radius 3 is 2.80 bits per heavy atom. The highest BCUT2D eigenvalue weighted by Gasteiger charge is 2.29. The lowest BCUT2D eigenvalue weighted by Gasteiger charge is -2.20. The number of rotatable bonds is 4. The third-order valence-corrected chi connectivity index (χ3v) is 3.59. The minimum Gasteiger partial charge on any atom is -0.469 e. The van der Waals surface area contributed by atoms with E-state index in [2.05, 4.69) is 4.98 Å². The van der Waals surface area contributed by atoms with Crippen LogP contribution in [0.2, 0.25) is 0 Å². The molecule has 4 nitrogen and oxygen atoms in total. The number of carbonyl (C=O) groups is 1. The second kappa shape index (κ2) is 4.70. The van der Waals surface area contributed by atoms with Gasteiger partial charge in [-0.05, 0) is 13.8 Å². The zero-order chi connectivity index (χ0) is 11.5. The van der Waals surface area contributed by atoms with Gasteiger partial charge in [-0.2, -0.15) is 0 Å². The minimum absolute atomic E-state index is 0.191. The number of esters is 1. The maximum atomic E-state index is 11.4. The van der Waals surface area contributed by atoms with Gasteiger partial charge in [0.2, 0.25) is 0 Å². The van der Waals surface area contributed by atoms with Crippen LogP contribution in [-0.4, -0.2) is 28.4 Å². The first-order valence-electron chi connectivity index (χ1n) is 4.66. The standard InChI is InChI=1S/C10H16N2O2S/c1-10(2,8(13)14-4)7-15-9-11-5-6-12(9)3/h5-6H,7H2,1-4H3. The third-order valence-electron chi connectivity index (χ3n) is 2.08. The summed E-state index contributed by atoms with van der Waals surface area (Å²) in [5.41, 5.74) is -0.481. The molecule has 0 amide bonds. The van der Waals surface area contributed by atoms with Crippen LogP contribution in [0.25, 0.3) is 0 Å².